The normalized spacial score (nSPS) is 24.5. The van der Waals surface area contributed by atoms with Gasteiger partial charge >= 0.3 is 0 Å². The third kappa shape index (κ3) is 4.59. The van der Waals surface area contributed by atoms with E-state index in [9.17, 15) is 0 Å². The molecule has 2 nitrogen and oxygen atoms in total. The van der Waals surface area contributed by atoms with Crippen molar-refractivity contribution in [3.8, 4) is 0 Å². The van der Waals surface area contributed by atoms with Crippen LogP contribution in [0.15, 0.2) is 0 Å². The molecule has 1 atom stereocenters. The van der Waals surface area contributed by atoms with Crippen LogP contribution < -0.4 is 11.1 Å². The summed E-state index contributed by atoms with van der Waals surface area (Å²) in [5, 5.41) is 3.69. The number of rotatable bonds is 7. The van der Waals surface area contributed by atoms with E-state index in [-0.39, 0.29) is 0 Å². The van der Waals surface area contributed by atoms with Gasteiger partial charge < -0.3 is 11.1 Å². The number of nitrogens with one attached hydrogen (secondary N) is 1. The molecule has 0 aromatic carbocycles. The van der Waals surface area contributed by atoms with E-state index in [2.05, 4.69) is 5.32 Å². The van der Waals surface area contributed by atoms with Crippen LogP contribution in [0.5, 0.6) is 0 Å². The molecule has 2 fully saturated rings. The van der Waals surface area contributed by atoms with Crippen LogP contribution in [0.2, 0.25) is 0 Å². The van der Waals surface area contributed by atoms with E-state index in [0.29, 0.717) is 6.04 Å². The molecule has 0 radical (unpaired) electrons. The van der Waals surface area contributed by atoms with E-state index in [1.807, 2.05) is 0 Å². The molecule has 2 heteroatoms. The molecule has 0 heterocycles. The van der Waals surface area contributed by atoms with Crippen molar-refractivity contribution in [3.05, 3.63) is 0 Å². The second kappa shape index (κ2) is 7.38. The molecule has 2 rings (SSSR count). The fourth-order valence-corrected chi connectivity index (χ4v) is 3.36. The molecule has 100 valence electrons. The van der Waals surface area contributed by atoms with Gasteiger partial charge in [-0.1, -0.05) is 51.4 Å². The SMILES string of the molecule is NCC(CC1CCCCC1)NCCC1CCC1. The molecular formula is C15H30N2. The average Bonchev–Trinajstić information content (AvgIpc) is 2.32. The molecule has 0 bridgehead atoms. The highest BCUT2D eigenvalue weighted by Gasteiger charge is 2.19. The molecule has 0 spiro atoms. The van der Waals surface area contributed by atoms with E-state index < -0.39 is 0 Å². The lowest BCUT2D eigenvalue weighted by Gasteiger charge is -2.29. The fourth-order valence-electron chi connectivity index (χ4n) is 3.36. The first kappa shape index (κ1) is 13.4. The molecule has 17 heavy (non-hydrogen) atoms. The Morgan fingerprint density at radius 2 is 1.65 bits per heavy atom. The number of hydrogen-bond acceptors (Lipinski definition) is 2. The topological polar surface area (TPSA) is 38.0 Å². The first-order valence-electron chi connectivity index (χ1n) is 7.82. The van der Waals surface area contributed by atoms with Gasteiger partial charge in [0.2, 0.25) is 0 Å². The van der Waals surface area contributed by atoms with Crippen LogP contribution in [-0.4, -0.2) is 19.1 Å². The van der Waals surface area contributed by atoms with Crippen LogP contribution in [0.3, 0.4) is 0 Å². The minimum atomic E-state index is 0.582. The van der Waals surface area contributed by atoms with Crippen LogP contribution in [-0.2, 0) is 0 Å². The number of hydrogen-bond donors (Lipinski definition) is 2. The van der Waals surface area contributed by atoms with Gasteiger partial charge in [-0.05, 0) is 31.2 Å². The largest absolute Gasteiger partial charge is 0.329 e. The molecule has 2 saturated carbocycles. The van der Waals surface area contributed by atoms with E-state index in [0.717, 1.165) is 18.4 Å². The second-order valence-electron chi connectivity index (χ2n) is 6.21. The fraction of sp³-hybridized carbons (Fsp3) is 1.00. The Morgan fingerprint density at radius 3 is 2.24 bits per heavy atom. The molecule has 0 aromatic rings. The molecule has 0 saturated heterocycles. The van der Waals surface area contributed by atoms with Crippen molar-refractivity contribution in [1.29, 1.82) is 0 Å². The van der Waals surface area contributed by atoms with Gasteiger partial charge in [0.15, 0.2) is 0 Å². The summed E-state index contributed by atoms with van der Waals surface area (Å²) in [6, 6.07) is 0.582. The lowest BCUT2D eigenvalue weighted by atomic mass is 9.82. The van der Waals surface area contributed by atoms with Crippen LogP contribution in [0.4, 0.5) is 0 Å². The van der Waals surface area contributed by atoms with E-state index in [1.54, 1.807) is 0 Å². The van der Waals surface area contributed by atoms with Crippen molar-refractivity contribution in [3.63, 3.8) is 0 Å². The van der Waals surface area contributed by atoms with Gasteiger partial charge in [-0.3, -0.25) is 0 Å². The summed E-state index contributed by atoms with van der Waals surface area (Å²) in [6.45, 7) is 2.01. The third-order valence-corrected chi connectivity index (χ3v) is 4.84. The standard InChI is InChI=1S/C15H30N2/c16-12-15(11-14-5-2-1-3-6-14)17-10-9-13-7-4-8-13/h13-15,17H,1-12,16H2. The summed E-state index contributed by atoms with van der Waals surface area (Å²) >= 11 is 0. The van der Waals surface area contributed by atoms with Crippen LogP contribution in [0, 0.1) is 11.8 Å². The summed E-state index contributed by atoms with van der Waals surface area (Å²) < 4.78 is 0. The maximum Gasteiger partial charge on any atom is 0.0192 e. The molecule has 3 N–H and O–H groups in total. The zero-order chi connectivity index (χ0) is 11.9. The van der Waals surface area contributed by atoms with Gasteiger partial charge in [-0.25, -0.2) is 0 Å². The molecule has 2 aliphatic rings. The Labute approximate surface area is 107 Å². The van der Waals surface area contributed by atoms with Crippen LogP contribution in [0.1, 0.15) is 64.2 Å². The van der Waals surface area contributed by atoms with Crippen molar-refractivity contribution in [2.45, 2.75) is 70.3 Å². The Morgan fingerprint density at radius 1 is 0.941 bits per heavy atom. The van der Waals surface area contributed by atoms with Crippen molar-refractivity contribution in [2.75, 3.05) is 13.1 Å². The second-order valence-corrected chi connectivity index (χ2v) is 6.21. The Balaban J connectivity index is 1.57. The quantitative estimate of drug-likeness (QED) is 0.715. The van der Waals surface area contributed by atoms with Crippen LogP contribution in [0.25, 0.3) is 0 Å². The maximum atomic E-state index is 5.89. The first-order valence-corrected chi connectivity index (χ1v) is 7.82. The van der Waals surface area contributed by atoms with Gasteiger partial charge in [0.25, 0.3) is 0 Å². The summed E-state index contributed by atoms with van der Waals surface area (Å²) in [6.07, 6.45) is 14.3. The monoisotopic (exact) mass is 238 g/mol. The van der Waals surface area contributed by atoms with Crippen molar-refractivity contribution >= 4 is 0 Å². The highest BCUT2D eigenvalue weighted by molar-refractivity contribution is 4.77. The van der Waals surface area contributed by atoms with E-state index in [4.69, 9.17) is 5.73 Å². The van der Waals surface area contributed by atoms with Gasteiger partial charge in [0.1, 0.15) is 0 Å². The molecule has 2 aliphatic carbocycles. The minimum Gasteiger partial charge on any atom is -0.329 e. The predicted molar refractivity (Wildman–Crippen MR) is 74.0 cm³/mol. The summed E-state index contributed by atoms with van der Waals surface area (Å²) in [4.78, 5) is 0. The van der Waals surface area contributed by atoms with Crippen LogP contribution >= 0.6 is 0 Å². The molecule has 1 unspecified atom stereocenters. The summed E-state index contributed by atoms with van der Waals surface area (Å²) in [5.41, 5.74) is 5.89. The minimum absolute atomic E-state index is 0.582. The summed E-state index contributed by atoms with van der Waals surface area (Å²) in [7, 11) is 0. The predicted octanol–water partition coefficient (Wildman–Crippen LogP) is 3.06. The van der Waals surface area contributed by atoms with Crippen molar-refractivity contribution < 1.29 is 0 Å². The molecule has 0 aliphatic heterocycles. The van der Waals surface area contributed by atoms with E-state index in [1.165, 1.54) is 70.8 Å². The first-order chi connectivity index (χ1) is 8.38. The van der Waals surface area contributed by atoms with Gasteiger partial charge in [0.05, 0.1) is 0 Å². The van der Waals surface area contributed by atoms with Gasteiger partial charge in [0, 0.05) is 12.6 Å². The molecular weight excluding hydrogens is 208 g/mol. The van der Waals surface area contributed by atoms with E-state index >= 15 is 0 Å². The zero-order valence-electron chi connectivity index (χ0n) is 11.3. The maximum absolute atomic E-state index is 5.89. The highest BCUT2D eigenvalue weighted by Crippen LogP contribution is 2.29. The zero-order valence-corrected chi connectivity index (χ0v) is 11.3. The third-order valence-electron chi connectivity index (χ3n) is 4.84. The Bertz CT molecular complexity index is 195. The highest BCUT2D eigenvalue weighted by atomic mass is 14.9. The van der Waals surface area contributed by atoms with Gasteiger partial charge in [-0.15, -0.1) is 0 Å². The Hall–Kier alpha value is -0.0800. The van der Waals surface area contributed by atoms with Gasteiger partial charge in [-0.2, -0.15) is 0 Å². The number of nitrogens with two attached hydrogens (primary N) is 1. The van der Waals surface area contributed by atoms with Crippen molar-refractivity contribution in [2.24, 2.45) is 17.6 Å². The molecule has 0 aromatic heterocycles. The average molecular weight is 238 g/mol. The Kier molecular flexibility index (Phi) is 5.79. The van der Waals surface area contributed by atoms with Crippen molar-refractivity contribution in [1.82, 2.24) is 5.32 Å². The smallest absolute Gasteiger partial charge is 0.0192 e. The lowest BCUT2D eigenvalue weighted by Crippen LogP contribution is -2.39. The molecule has 0 amide bonds. The lowest BCUT2D eigenvalue weighted by molar-refractivity contribution is 0.270. The summed E-state index contributed by atoms with van der Waals surface area (Å²) in [5.74, 6) is 1.98.